The molecule has 2 rings (SSSR count). The Kier molecular flexibility index (Phi) is 6.41. The second kappa shape index (κ2) is 8.31. The summed E-state index contributed by atoms with van der Waals surface area (Å²) in [7, 11) is 1.60. The zero-order valence-electron chi connectivity index (χ0n) is 13.0. The Bertz CT molecular complexity index is 578. The first-order valence-electron chi connectivity index (χ1n) is 7.42. The number of nitrogens with zero attached hydrogens (tertiary/aromatic N) is 1. The van der Waals surface area contributed by atoms with Gasteiger partial charge in [-0.05, 0) is 40.0 Å². The molecule has 0 bridgehead atoms. The predicted octanol–water partition coefficient (Wildman–Crippen LogP) is 2.09. The number of aryl methyl sites for hydroxylation is 1. The van der Waals surface area contributed by atoms with Crippen molar-refractivity contribution >= 4 is 27.8 Å². The van der Waals surface area contributed by atoms with Crippen LogP contribution in [-0.2, 0) is 20.7 Å². The van der Waals surface area contributed by atoms with Gasteiger partial charge in [-0.1, -0.05) is 6.07 Å². The van der Waals surface area contributed by atoms with Gasteiger partial charge in [0.25, 0.3) is 0 Å². The zero-order valence-corrected chi connectivity index (χ0v) is 14.5. The van der Waals surface area contributed by atoms with E-state index in [1.54, 1.807) is 12.0 Å². The molecule has 1 N–H and O–H groups in total. The molecule has 1 aliphatic heterocycles. The van der Waals surface area contributed by atoms with Crippen LogP contribution in [0, 0.1) is 0 Å². The molecule has 1 aromatic carbocycles. The van der Waals surface area contributed by atoms with E-state index < -0.39 is 5.97 Å². The molecule has 1 aliphatic rings. The fourth-order valence-electron chi connectivity index (χ4n) is 2.61. The van der Waals surface area contributed by atoms with Crippen LogP contribution in [0.4, 0.5) is 0 Å². The minimum atomic E-state index is -0.919. The molecule has 1 unspecified atom stereocenters. The number of methoxy groups -OCH3 is 1. The molecule has 1 atom stereocenters. The molecule has 1 amide bonds. The molecule has 0 radical (unpaired) electrons. The van der Waals surface area contributed by atoms with Crippen LogP contribution in [0.2, 0.25) is 0 Å². The molecule has 0 spiro atoms. The van der Waals surface area contributed by atoms with Gasteiger partial charge in [-0.3, -0.25) is 9.59 Å². The highest BCUT2D eigenvalue weighted by molar-refractivity contribution is 9.10. The molecule has 1 aromatic rings. The van der Waals surface area contributed by atoms with E-state index >= 15 is 0 Å². The van der Waals surface area contributed by atoms with E-state index in [0.717, 1.165) is 15.8 Å². The minimum Gasteiger partial charge on any atom is -0.496 e. The molecule has 126 valence electrons. The fourth-order valence-corrected chi connectivity index (χ4v) is 3.20. The van der Waals surface area contributed by atoms with Crippen LogP contribution in [-0.4, -0.2) is 54.8 Å². The molecular weight excluding hydrogens is 366 g/mol. The Morgan fingerprint density at radius 2 is 2.26 bits per heavy atom. The number of ether oxygens (including phenoxy) is 2. The third kappa shape index (κ3) is 4.94. The highest BCUT2D eigenvalue weighted by atomic mass is 79.9. The maximum absolute atomic E-state index is 12.4. The van der Waals surface area contributed by atoms with E-state index in [4.69, 9.17) is 14.6 Å². The second-order valence-electron chi connectivity index (χ2n) is 5.38. The second-order valence-corrected chi connectivity index (χ2v) is 6.24. The topological polar surface area (TPSA) is 76.1 Å². The standard InChI is InChI=1S/C16H20BrNO5/c1-22-14-4-2-11(8-13(14)17)3-5-15(19)18-6-7-23-10-12(18)9-16(20)21/h2,4,8,12H,3,5-7,9-10H2,1H3,(H,20,21). The van der Waals surface area contributed by atoms with E-state index in [9.17, 15) is 9.59 Å². The number of rotatable bonds is 6. The van der Waals surface area contributed by atoms with Crippen molar-refractivity contribution in [3.8, 4) is 5.75 Å². The summed E-state index contributed by atoms with van der Waals surface area (Å²) in [6.45, 7) is 1.19. The van der Waals surface area contributed by atoms with Crippen LogP contribution < -0.4 is 4.74 Å². The van der Waals surface area contributed by atoms with Crippen molar-refractivity contribution in [1.82, 2.24) is 4.90 Å². The van der Waals surface area contributed by atoms with E-state index in [1.807, 2.05) is 18.2 Å². The van der Waals surface area contributed by atoms with Gasteiger partial charge in [-0.2, -0.15) is 0 Å². The number of carbonyl (C=O) groups excluding carboxylic acids is 1. The number of amides is 1. The number of hydrogen-bond acceptors (Lipinski definition) is 4. The van der Waals surface area contributed by atoms with Gasteiger partial charge in [-0.15, -0.1) is 0 Å². The van der Waals surface area contributed by atoms with Gasteiger partial charge in [0, 0.05) is 13.0 Å². The smallest absolute Gasteiger partial charge is 0.305 e. The maximum Gasteiger partial charge on any atom is 0.305 e. The lowest BCUT2D eigenvalue weighted by molar-refractivity contribution is -0.146. The Balaban J connectivity index is 1.94. The van der Waals surface area contributed by atoms with E-state index in [-0.39, 0.29) is 25.0 Å². The summed E-state index contributed by atoms with van der Waals surface area (Å²) < 4.78 is 11.3. The first-order chi connectivity index (χ1) is 11.0. The van der Waals surface area contributed by atoms with E-state index in [0.29, 0.717) is 26.0 Å². The van der Waals surface area contributed by atoms with Gasteiger partial charge in [0.1, 0.15) is 5.75 Å². The number of carboxylic acid groups (broad SMARTS) is 1. The summed E-state index contributed by atoms with van der Waals surface area (Å²) >= 11 is 3.43. The third-order valence-electron chi connectivity index (χ3n) is 3.80. The van der Waals surface area contributed by atoms with Crippen LogP contribution in [0.25, 0.3) is 0 Å². The molecule has 23 heavy (non-hydrogen) atoms. The lowest BCUT2D eigenvalue weighted by Crippen LogP contribution is -2.49. The molecule has 0 aliphatic carbocycles. The molecule has 0 saturated carbocycles. The van der Waals surface area contributed by atoms with Crippen LogP contribution in [0.15, 0.2) is 22.7 Å². The van der Waals surface area contributed by atoms with Crippen molar-refractivity contribution < 1.29 is 24.2 Å². The van der Waals surface area contributed by atoms with E-state index in [2.05, 4.69) is 15.9 Å². The maximum atomic E-state index is 12.4. The normalized spacial score (nSPS) is 17.8. The summed E-state index contributed by atoms with van der Waals surface area (Å²) in [6.07, 6.45) is 0.854. The first-order valence-corrected chi connectivity index (χ1v) is 8.22. The predicted molar refractivity (Wildman–Crippen MR) is 87.6 cm³/mol. The van der Waals surface area contributed by atoms with Gasteiger partial charge >= 0.3 is 5.97 Å². The van der Waals surface area contributed by atoms with Crippen molar-refractivity contribution in [2.24, 2.45) is 0 Å². The van der Waals surface area contributed by atoms with Gasteiger partial charge < -0.3 is 19.5 Å². The number of carbonyl (C=O) groups is 2. The minimum absolute atomic E-state index is 0.0357. The summed E-state index contributed by atoms with van der Waals surface area (Å²) in [4.78, 5) is 24.9. The number of morpholine rings is 1. The molecular formula is C16H20BrNO5. The molecule has 0 aromatic heterocycles. The lowest BCUT2D eigenvalue weighted by Gasteiger charge is -2.35. The monoisotopic (exact) mass is 385 g/mol. The highest BCUT2D eigenvalue weighted by Crippen LogP contribution is 2.26. The quantitative estimate of drug-likeness (QED) is 0.811. The SMILES string of the molecule is COc1ccc(CCC(=O)N2CCOCC2CC(=O)O)cc1Br. The number of hydrogen-bond donors (Lipinski definition) is 1. The highest BCUT2D eigenvalue weighted by Gasteiger charge is 2.28. The zero-order chi connectivity index (χ0) is 16.8. The summed E-state index contributed by atoms with van der Waals surface area (Å²) in [6, 6.07) is 5.33. The third-order valence-corrected chi connectivity index (χ3v) is 4.42. The van der Waals surface area contributed by atoms with Crippen LogP contribution in [0.5, 0.6) is 5.75 Å². The number of aliphatic carboxylic acids is 1. The first kappa shape index (κ1) is 17.7. The average molecular weight is 386 g/mol. The Hall–Kier alpha value is -1.60. The molecule has 1 fully saturated rings. The van der Waals surface area contributed by atoms with Gasteiger partial charge in [0.2, 0.25) is 5.91 Å². The molecule has 1 saturated heterocycles. The van der Waals surface area contributed by atoms with Crippen LogP contribution in [0.3, 0.4) is 0 Å². The van der Waals surface area contributed by atoms with Crippen molar-refractivity contribution in [2.45, 2.75) is 25.3 Å². The molecule has 7 heteroatoms. The molecule has 6 nitrogen and oxygen atoms in total. The van der Waals surface area contributed by atoms with Gasteiger partial charge in [-0.25, -0.2) is 0 Å². The largest absolute Gasteiger partial charge is 0.496 e. The van der Waals surface area contributed by atoms with Crippen LogP contribution >= 0.6 is 15.9 Å². The van der Waals surface area contributed by atoms with Crippen molar-refractivity contribution in [3.63, 3.8) is 0 Å². The fraction of sp³-hybridized carbons (Fsp3) is 0.500. The average Bonchev–Trinajstić information content (AvgIpc) is 2.52. The lowest BCUT2D eigenvalue weighted by atomic mass is 10.1. The Morgan fingerprint density at radius 1 is 1.48 bits per heavy atom. The van der Waals surface area contributed by atoms with Gasteiger partial charge in [0.15, 0.2) is 0 Å². The van der Waals surface area contributed by atoms with Crippen LogP contribution in [0.1, 0.15) is 18.4 Å². The number of carboxylic acids is 1. The van der Waals surface area contributed by atoms with Crippen molar-refractivity contribution in [3.05, 3.63) is 28.2 Å². The van der Waals surface area contributed by atoms with E-state index in [1.165, 1.54) is 0 Å². The number of halogens is 1. The van der Waals surface area contributed by atoms with Gasteiger partial charge in [0.05, 0.1) is 37.3 Å². The Morgan fingerprint density at radius 3 is 2.91 bits per heavy atom. The molecule has 1 heterocycles. The van der Waals surface area contributed by atoms with Crippen molar-refractivity contribution in [2.75, 3.05) is 26.9 Å². The summed E-state index contributed by atoms with van der Waals surface area (Å²) in [5, 5.41) is 8.94. The number of benzene rings is 1. The Labute approximate surface area is 143 Å². The van der Waals surface area contributed by atoms with Crippen molar-refractivity contribution in [1.29, 1.82) is 0 Å². The summed E-state index contributed by atoms with van der Waals surface area (Å²) in [5.41, 5.74) is 1.02. The summed E-state index contributed by atoms with van der Waals surface area (Å²) in [5.74, 6) is -0.210.